The predicted octanol–water partition coefficient (Wildman–Crippen LogP) is 5.56. The Morgan fingerprint density at radius 1 is 1.00 bits per heavy atom. The molecule has 1 heterocycles. The molecule has 7 heteroatoms. The molecule has 0 aliphatic heterocycles. The SMILES string of the molecule is Cc1ccc(C(=O)NC(C(=O)NN=Cc2cn(Cc3ccccc3Cl)c3ccccc23)C(C)C)cc1. The molecule has 1 unspecified atom stereocenters. The first-order valence-electron chi connectivity index (χ1n) is 11.8. The van der Waals surface area contributed by atoms with Gasteiger partial charge in [0.25, 0.3) is 11.8 Å². The number of fused-ring (bicyclic) bond motifs is 1. The molecule has 0 bridgehead atoms. The molecule has 0 spiro atoms. The number of benzene rings is 3. The number of para-hydroxylation sites is 1. The van der Waals surface area contributed by atoms with Crippen LogP contribution in [0.1, 0.15) is 40.9 Å². The standard InChI is InChI=1S/C29H29ClN4O2/c1-19(2)27(32-28(35)21-14-12-20(3)13-15-21)29(36)33-31-16-23-18-34(26-11-7-5-9-24(23)26)17-22-8-4-6-10-25(22)30/h4-16,18-19,27H,17H2,1-3H3,(H,32,35)(H,33,36). The maximum atomic E-state index is 12.9. The molecular weight excluding hydrogens is 472 g/mol. The molecule has 0 saturated heterocycles. The van der Waals surface area contributed by atoms with Crippen molar-refractivity contribution in [2.75, 3.05) is 0 Å². The molecular formula is C29H29ClN4O2. The number of hydrogen-bond donors (Lipinski definition) is 2. The number of aromatic nitrogens is 1. The van der Waals surface area contributed by atoms with Gasteiger partial charge in [-0.3, -0.25) is 9.59 Å². The molecule has 0 saturated carbocycles. The quantitative estimate of drug-likeness (QED) is 0.245. The van der Waals surface area contributed by atoms with Crippen molar-refractivity contribution in [3.8, 4) is 0 Å². The second-order valence-electron chi connectivity index (χ2n) is 9.12. The first kappa shape index (κ1) is 25.2. The summed E-state index contributed by atoms with van der Waals surface area (Å²) in [5.74, 6) is -0.788. The van der Waals surface area contributed by atoms with Gasteiger partial charge in [-0.15, -0.1) is 0 Å². The number of amides is 2. The first-order chi connectivity index (χ1) is 17.3. The van der Waals surface area contributed by atoms with Gasteiger partial charge >= 0.3 is 0 Å². The third kappa shape index (κ3) is 5.83. The van der Waals surface area contributed by atoms with E-state index in [9.17, 15) is 9.59 Å². The zero-order valence-electron chi connectivity index (χ0n) is 20.5. The van der Waals surface area contributed by atoms with Crippen LogP contribution in [0.5, 0.6) is 0 Å². The Kier molecular flexibility index (Phi) is 7.86. The fourth-order valence-corrected chi connectivity index (χ4v) is 4.21. The lowest BCUT2D eigenvalue weighted by atomic mass is 10.0. The Bertz CT molecular complexity index is 1410. The minimum atomic E-state index is -0.725. The molecule has 4 aromatic rings. The van der Waals surface area contributed by atoms with E-state index in [-0.39, 0.29) is 17.7 Å². The maximum Gasteiger partial charge on any atom is 0.262 e. The van der Waals surface area contributed by atoms with E-state index in [1.165, 1.54) is 0 Å². The summed E-state index contributed by atoms with van der Waals surface area (Å²) >= 11 is 6.37. The molecule has 1 aromatic heterocycles. The van der Waals surface area contributed by atoms with E-state index in [0.29, 0.717) is 17.1 Å². The van der Waals surface area contributed by atoms with Crippen LogP contribution in [0.4, 0.5) is 0 Å². The molecule has 0 aliphatic carbocycles. The third-order valence-corrected chi connectivity index (χ3v) is 6.41. The number of nitrogens with zero attached hydrogens (tertiary/aromatic N) is 2. The van der Waals surface area contributed by atoms with E-state index in [1.807, 2.05) is 87.6 Å². The lowest BCUT2D eigenvalue weighted by Crippen LogP contribution is -2.48. The van der Waals surface area contributed by atoms with Crippen LogP contribution in [0, 0.1) is 12.8 Å². The van der Waals surface area contributed by atoms with E-state index >= 15 is 0 Å². The molecule has 0 radical (unpaired) electrons. The average molecular weight is 501 g/mol. The van der Waals surface area contributed by atoms with Crippen molar-refractivity contribution in [2.45, 2.75) is 33.4 Å². The van der Waals surface area contributed by atoms with Gasteiger partial charge in [-0.1, -0.05) is 79.5 Å². The second-order valence-corrected chi connectivity index (χ2v) is 9.52. The highest BCUT2D eigenvalue weighted by Gasteiger charge is 2.24. The number of halogens is 1. The number of carbonyl (C=O) groups excluding carboxylic acids is 2. The highest BCUT2D eigenvalue weighted by molar-refractivity contribution is 6.31. The number of aryl methyl sites for hydroxylation is 1. The van der Waals surface area contributed by atoms with Crippen LogP contribution in [-0.2, 0) is 11.3 Å². The Balaban J connectivity index is 1.49. The van der Waals surface area contributed by atoms with Gasteiger partial charge in [0.05, 0.1) is 6.21 Å². The van der Waals surface area contributed by atoms with Gasteiger partial charge in [-0.05, 0) is 42.7 Å². The fourth-order valence-electron chi connectivity index (χ4n) is 4.02. The topological polar surface area (TPSA) is 75.5 Å². The lowest BCUT2D eigenvalue weighted by molar-refractivity contribution is -0.123. The summed E-state index contributed by atoms with van der Waals surface area (Å²) in [6.07, 6.45) is 3.62. The average Bonchev–Trinajstić information content (AvgIpc) is 3.21. The van der Waals surface area contributed by atoms with Crippen LogP contribution in [0.3, 0.4) is 0 Å². The summed E-state index contributed by atoms with van der Waals surface area (Å²) in [6, 6.07) is 22.3. The molecule has 2 N–H and O–H groups in total. The van der Waals surface area contributed by atoms with Gasteiger partial charge in [0, 0.05) is 39.8 Å². The zero-order chi connectivity index (χ0) is 25.7. The summed E-state index contributed by atoms with van der Waals surface area (Å²) in [5, 5.41) is 8.76. The van der Waals surface area contributed by atoms with Crippen LogP contribution in [0.2, 0.25) is 5.02 Å². The van der Waals surface area contributed by atoms with Gasteiger partial charge in [-0.25, -0.2) is 5.43 Å². The fraction of sp³-hybridized carbons (Fsp3) is 0.207. The summed E-state index contributed by atoms with van der Waals surface area (Å²) in [7, 11) is 0. The van der Waals surface area contributed by atoms with E-state index in [4.69, 9.17) is 11.6 Å². The number of rotatable bonds is 8. The smallest absolute Gasteiger partial charge is 0.262 e. The molecule has 6 nitrogen and oxygen atoms in total. The number of hydrazone groups is 1. The van der Waals surface area contributed by atoms with Crippen LogP contribution in [-0.4, -0.2) is 28.6 Å². The van der Waals surface area contributed by atoms with E-state index < -0.39 is 6.04 Å². The van der Waals surface area contributed by atoms with Gasteiger partial charge < -0.3 is 9.88 Å². The van der Waals surface area contributed by atoms with Gasteiger partial charge in [0.2, 0.25) is 0 Å². The molecule has 2 amide bonds. The summed E-state index contributed by atoms with van der Waals surface area (Å²) < 4.78 is 2.11. The van der Waals surface area contributed by atoms with Crippen molar-refractivity contribution >= 4 is 40.5 Å². The molecule has 3 aromatic carbocycles. The minimum Gasteiger partial charge on any atom is -0.342 e. The van der Waals surface area contributed by atoms with Crippen LogP contribution in [0.15, 0.2) is 84.1 Å². The monoisotopic (exact) mass is 500 g/mol. The highest BCUT2D eigenvalue weighted by atomic mass is 35.5. The summed E-state index contributed by atoms with van der Waals surface area (Å²) in [4.78, 5) is 25.5. The van der Waals surface area contributed by atoms with Crippen molar-refractivity contribution in [1.29, 1.82) is 0 Å². The van der Waals surface area contributed by atoms with E-state index in [0.717, 1.165) is 27.6 Å². The number of hydrogen-bond acceptors (Lipinski definition) is 3. The van der Waals surface area contributed by atoms with Crippen LogP contribution >= 0.6 is 11.6 Å². The largest absolute Gasteiger partial charge is 0.342 e. The zero-order valence-corrected chi connectivity index (χ0v) is 21.3. The van der Waals surface area contributed by atoms with Crippen molar-refractivity contribution in [1.82, 2.24) is 15.3 Å². The van der Waals surface area contributed by atoms with Crippen molar-refractivity contribution < 1.29 is 9.59 Å². The van der Waals surface area contributed by atoms with Gasteiger partial charge in [0.1, 0.15) is 6.04 Å². The predicted molar refractivity (Wildman–Crippen MR) is 145 cm³/mol. The van der Waals surface area contributed by atoms with E-state index in [1.54, 1.807) is 18.3 Å². The van der Waals surface area contributed by atoms with Crippen molar-refractivity contribution in [3.63, 3.8) is 0 Å². The number of carbonyl (C=O) groups is 2. The van der Waals surface area contributed by atoms with Crippen molar-refractivity contribution in [3.05, 3.63) is 106 Å². The third-order valence-electron chi connectivity index (χ3n) is 6.05. The number of nitrogens with one attached hydrogen (secondary N) is 2. The maximum absolute atomic E-state index is 12.9. The first-order valence-corrected chi connectivity index (χ1v) is 12.2. The van der Waals surface area contributed by atoms with E-state index in [2.05, 4.69) is 20.4 Å². The van der Waals surface area contributed by atoms with Gasteiger partial charge in [-0.2, -0.15) is 5.10 Å². The molecule has 36 heavy (non-hydrogen) atoms. The van der Waals surface area contributed by atoms with Crippen LogP contribution < -0.4 is 10.7 Å². The molecule has 0 fully saturated rings. The Morgan fingerprint density at radius 3 is 2.42 bits per heavy atom. The van der Waals surface area contributed by atoms with Crippen molar-refractivity contribution in [2.24, 2.45) is 11.0 Å². The molecule has 1 atom stereocenters. The molecule has 0 aliphatic rings. The normalized spacial score (nSPS) is 12.2. The molecule has 4 rings (SSSR count). The minimum absolute atomic E-state index is 0.118. The summed E-state index contributed by atoms with van der Waals surface area (Å²) in [5.41, 5.74) is 7.08. The van der Waals surface area contributed by atoms with Crippen LogP contribution in [0.25, 0.3) is 10.9 Å². The second kappa shape index (κ2) is 11.2. The lowest BCUT2D eigenvalue weighted by Gasteiger charge is -2.20. The summed E-state index contributed by atoms with van der Waals surface area (Å²) in [6.45, 7) is 6.33. The van der Waals surface area contributed by atoms with Gasteiger partial charge in [0.15, 0.2) is 0 Å². The molecule has 184 valence electrons. The highest BCUT2D eigenvalue weighted by Crippen LogP contribution is 2.23. The Morgan fingerprint density at radius 2 is 1.69 bits per heavy atom. The Labute approximate surface area is 216 Å². The Hall–Kier alpha value is -3.90.